The first kappa shape index (κ1) is 29.5. The van der Waals surface area contributed by atoms with Gasteiger partial charge in [0.25, 0.3) is 0 Å². The van der Waals surface area contributed by atoms with Crippen molar-refractivity contribution in [2.24, 2.45) is 0 Å². The maximum absolute atomic E-state index is 2.51. The van der Waals surface area contributed by atoms with Gasteiger partial charge in [-0.05, 0) is 150 Å². The van der Waals surface area contributed by atoms with E-state index in [-0.39, 0.29) is 5.41 Å². The van der Waals surface area contributed by atoms with E-state index >= 15 is 0 Å². The van der Waals surface area contributed by atoms with Crippen LogP contribution < -0.4 is 4.90 Å². The van der Waals surface area contributed by atoms with Gasteiger partial charge in [-0.1, -0.05) is 118 Å². The van der Waals surface area contributed by atoms with Crippen LogP contribution in [0.3, 0.4) is 0 Å². The van der Waals surface area contributed by atoms with Crippen LogP contribution in [0.2, 0.25) is 0 Å². The molecule has 0 unspecified atom stereocenters. The van der Waals surface area contributed by atoms with Gasteiger partial charge in [-0.2, -0.15) is 0 Å². The molecule has 0 spiro atoms. The Hall–Kier alpha value is -5.40. The fraction of sp³-hybridized carbons (Fsp3) is 0.184. The van der Waals surface area contributed by atoms with Gasteiger partial charge in [-0.15, -0.1) is 0 Å². The minimum absolute atomic E-state index is 0.0831. The number of rotatable bonds is 4. The van der Waals surface area contributed by atoms with Gasteiger partial charge >= 0.3 is 0 Å². The van der Waals surface area contributed by atoms with Crippen molar-refractivity contribution in [2.75, 3.05) is 4.90 Å². The molecule has 0 radical (unpaired) electrons. The first-order valence-corrected chi connectivity index (χ1v) is 18.4. The van der Waals surface area contributed by atoms with Gasteiger partial charge in [0, 0.05) is 22.5 Å². The van der Waals surface area contributed by atoms with Crippen molar-refractivity contribution in [1.82, 2.24) is 0 Å². The van der Waals surface area contributed by atoms with Gasteiger partial charge < -0.3 is 4.90 Å². The fourth-order valence-electron chi connectivity index (χ4n) is 9.13. The van der Waals surface area contributed by atoms with Crippen molar-refractivity contribution in [1.29, 1.82) is 0 Å². The Morgan fingerprint density at radius 1 is 0.420 bits per heavy atom. The third-order valence-electron chi connectivity index (χ3n) is 11.9. The van der Waals surface area contributed by atoms with Gasteiger partial charge in [0.1, 0.15) is 0 Å². The molecule has 0 atom stereocenters. The first-order valence-electron chi connectivity index (χ1n) is 18.4. The van der Waals surface area contributed by atoms with Crippen molar-refractivity contribution in [3.63, 3.8) is 0 Å². The summed E-state index contributed by atoms with van der Waals surface area (Å²) < 4.78 is 0. The lowest BCUT2D eigenvalue weighted by molar-refractivity contribution is 0.444. The maximum atomic E-state index is 2.51. The summed E-state index contributed by atoms with van der Waals surface area (Å²) >= 11 is 0. The largest absolute Gasteiger partial charge is 0.310 e. The summed E-state index contributed by atoms with van der Waals surface area (Å²) in [5.41, 5.74) is 10.6. The molecule has 0 aliphatic heterocycles. The Morgan fingerprint density at radius 2 is 0.860 bits per heavy atom. The van der Waals surface area contributed by atoms with Crippen LogP contribution >= 0.6 is 0 Å². The summed E-state index contributed by atoms with van der Waals surface area (Å²) in [6.45, 7) is 4.83. The lowest BCUT2D eigenvalue weighted by Gasteiger charge is -2.27. The normalized spacial score (nSPS) is 15.5. The van der Waals surface area contributed by atoms with Crippen LogP contribution in [-0.4, -0.2) is 0 Å². The van der Waals surface area contributed by atoms with Crippen molar-refractivity contribution in [3.05, 3.63) is 162 Å². The molecule has 1 nitrogen and oxygen atoms in total. The third kappa shape index (κ3) is 4.75. The van der Waals surface area contributed by atoms with Crippen molar-refractivity contribution in [2.45, 2.75) is 57.3 Å². The zero-order chi connectivity index (χ0) is 33.4. The molecular weight excluding hydrogens is 603 g/mol. The smallest absolute Gasteiger partial charge is 0.0468 e. The van der Waals surface area contributed by atoms with Crippen molar-refractivity contribution >= 4 is 60.2 Å². The van der Waals surface area contributed by atoms with Crippen molar-refractivity contribution in [3.8, 4) is 11.1 Å². The molecule has 1 saturated carbocycles. The van der Waals surface area contributed by atoms with E-state index in [0.717, 1.165) is 23.0 Å². The Labute approximate surface area is 294 Å². The Balaban J connectivity index is 1.10. The van der Waals surface area contributed by atoms with E-state index in [9.17, 15) is 0 Å². The van der Waals surface area contributed by atoms with Crippen LogP contribution in [0.4, 0.5) is 17.1 Å². The number of hydrogen-bond acceptors (Lipinski definition) is 1. The van der Waals surface area contributed by atoms with Crippen LogP contribution in [0.5, 0.6) is 0 Å². The fourth-order valence-corrected chi connectivity index (χ4v) is 9.13. The van der Waals surface area contributed by atoms with E-state index in [1.54, 1.807) is 0 Å². The summed E-state index contributed by atoms with van der Waals surface area (Å²) in [7, 11) is 0. The molecule has 0 saturated heterocycles. The highest BCUT2D eigenvalue weighted by Gasteiger charge is 2.36. The maximum Gasteiger partial charge on any atom is 0.0468 e. The number of anilines is 3. The van der Waals surface area contributed by atoms with E-state index in [4.69, 9.17) is 0 Å². The molecule has 50 heavy (non-hydrogen) atoms. The number of nitrogens with zero attached hydrogens (tertiary/aromatic N) is 1. The molecule has 0 heterocycles. The highest BCUT2D eigenvalue weighted by Crippen LogP contribution is 2.52. The predicted molar refractivity (Wildman–Crippen MR) is 215 cm³/mol. The van der Waals surface area contributed by atoms with Crippen LogP contribution in [0.15, 0.2) is 146 Å². The summed E-state index contributed by atoms with van der Waals surface area (Å²) in [5.74, 6) is 0.717. The molecule has 242 valence electrons. The zero-order valence-electron chi connectivity index (χ0n) is 28.9. The average molecular weight is 644 g/mol. The van der Waals surface area contributed by atoms with E-state index in [0.29, 0.717) is 0 Å². The minimum Gasteiger partial charge on any atom is -0.310 e. The second-order valence-corrected chi connectivity index (χ2v) is 15.3. The quantitative estimate of drug-likeness (QED) is 0.184. The second kappa shape index (κ2) is 11.3. The van der Waals surface area contributed by atoms with Crippen LogP contribution in [0.25, 0.3) is 54.2 Å². The van der Waals surface area contributed by atoms with Gasteiger partial charge in [-0.3, -0.25) is 0 Å². The summed E-state index contributed by atoms with van der Waals surface area (Å²) in [6, 6.07) is 55.1. The van der Waals surface area contributed by atoms with Crippen LogP contribution in [0.1, 0.15) is 68.6 Å². The second-order valence-electron chi connectivity index (χ2n) is 15.3. The molecule has 0 amide bonds. The van der Waals surface area contributed by atoms with Gasteiger partial charge in [0.15, 0.2) is 0 Å². The summed E-state index contributed by atoms with van der Waals surface area (Å²) in [4.78, 5) is 2.42. The van der Waals surface area contributed by atoms with Gasteiger partial charge in [0.05, 0.1) is 0 Å². The van der Waals surface area contributed by atoms with Gasteiger partial charge in [0.2, 0.25) is 0 Å². The van der Waals surface area contributed by atoms with Gasteiger partial charge in [-0.25, -0.2) is 0 Å². The van der Waals surface area contributed by atoms with E-state index < -0.39 is 0 Å². The Morgan fingerprint density at radius 3 is 1.42 bits per heavy atom. The molecule has 10 rings (SSSR count). The summed E-state index contributed by atoms with van der Waals surface area (Å²) in [6.07, 6.45) is 6.80. The lowest BCUT2D eigenvalue weighted by atomic mass is 9.80. The predicted octanol–water partition coefficient (Wildman–Crippen LogP) is 14.1. The third-order valence-corrected chi connectivity index (χ3v) is 11.9. The monoisotopic (exact) mass is 643 g/mol. The molecule has 0 bridgehead atoms. The van der Waals surface area contributed by atoms with Crippen LogP contribution in [-0.2, 0) is 5.41 Å². The average Bonchev–Trinajstić information content (AvgIpc) is 3.37. The first-order chi connectivity index (χ1) is 24.5. The molecular formula is C49H41N. The Bertz CT molecular complexity index is 2540. The molecule has 2 aliphatic carbocycles. The number of fused-ring (bicyclic) bond motifs is 7. The zero-order valence-corrected chi connectivity index (χ0v) is 28.9. The van der Waals surface area contributed by atoms with E-state index in [2.05, 4.69) is 164 Å². The standard InChI is InChI=1S/C49H41N/c1-49(2)47-30-40-24-37(32-10-4-3-5-11-32)16-17-38(40)28-45(47)46-29-39-20-23-44(27-41(39)31-48(46)49)50(42-21-18-33-12-6-8-14-35(33)25-42)43-22-19-34-13-7-9-15-36(34)26-43/h6-9,12-32H,3-5,10-11H2,1-2H3. The highest BCUT2D eigenvalue weighted by molar-refractivity contribution is 6.00. The Kier molecular flexibility index (Phi) is 6.68. The van der Waals surface area contributed by atoms with E-state index in [1.807, 2.05) is 0 Å². The molecule has 0 aromatic heterocycles. The number of hydrogen-bond donors (Lipinski definition) is 0. The molecule has 2 aliphatic rings. The topological polar surface area (TPSA) is 3.24 Å². The molecule has 8 aromatic carbocycles. The molecule has 1 heteroatoms. The summed E-state index contributed by atoms with van der Waals surface area (Å²) in [5, 5.41) is 10.3. The van der Waals surface area contributed by atoms with Crippen LogP contribution in [0, 0.1) is 0 Å². The minimum atomic E-state index is -0.0831. The molecule has 1 fully saturated rings. The lowest BCUT2D eigenvalue weighted by Crippen LogP contribution is -2.15. The van der Waals surface area contributed by atoms with E-state index in [1.165, 1.54) is 103 Å². The highest BCUT2D eigenvalue weighted by atomic mass is 15.1. The number of benzene rings is 8. The molecule has 8 aromatic rings. The SMILES string of the molecule is CC1(C)c2cc3cc(C4CCCCC4)ccc3cc2-c2cc3ccc(N(c4ccc5ccccc5c4)c4ccc5ccccc5c4)cc3cc21. The molecule has 0 N–H and O–H groups in total. The van der Waals surface area contributed by atoms with Crippen molar-refractivity contribution < 1.29 is 0 Å².